The summed E-state index contributed by atoms with van der Waals surface area (Å²) in [4.78, 5) is 2.59. The highest BCUT2D eigenvalue weighted by atomic mass is 16.3. The molecule has 1 unspecified atom stereocenters. The molecule has 0 spiro atoms. The molecule has 17 heavy (non-hydrogen) atoms. The number of hydrogen-bond acceptors (Lipinski definition) is 3. The first-order valence-corrected chi connectivity index (χ1v) is 7.24. The summed E-state index contributed by atoms with van der Waals surface area (Å²) in [5.41, 5.74) is 0.192. The standard InChI is InChI=1S/C14H28N2O/c1-14(2)11-16(13(10-17)9-15-14)12-7-5-3-4-6-8-12/h12-13,15,17H,3-11H2,1-2H3. The molecule has 2 N–H and O–H groups in total. The van der Waals surface area contributed by atoms with Crippen LogP contribution in [0.4, 0.5) is 0 Å². The lowest BCUT2D eigenvalue weighted by Crippen LogP contribution is -2.64. The summed E-state index contributed by atoms with van der Waals surface area (Å²) < 4.78 is 0. The van der Waals surface area contributed by atoms with E-state index >= 15 is 0 Å². The summed E-state index contributed by atoms with van der Waals surface area (Å²) in [6, 6.07) is 1.03. The molecular formula is C14H28N2O. The summed E-state index contributed by atoms with van der Waals surface area (Å²) in [5.74, 6) is 0. The highest BCUT2D eigenvalue weighted by Gasteiger charge is 2.35. The Morgan fingerprint density at radius 2 is 1.82 bits per heavy atom. The molecular weight excluding hydrogens is 212 g/mol. The second-order valence-electron chi connectivity index (χ2n) is 6.42. The maximum absolute atomic E-state index is 9.55. The second-order valence-corrected chi connectivity index (χ2v) is 6.42. The van der Waals surface area contributed by atoms with Gasteiger partial charge in [-0.05, 0) is 26.7 Å². The molecule has 0 aromatic rings. The molecule has 2 aliphatic rings. The fourth-order valence-electron chi connectivity index (χ4n) is 3.34. The third-order valence-electron chi connectivity index (χ3n) is 4.37. The molecule has 1 saturated carbocycles. The number of rotatable bonds is 2. The average molecular weight is 240 g/mol. The first-order chi connectivity index (χ1) is 8.12. The summed E-state index contributed by atoms with van der Waals surface area (Å²) in [6.45, 7) is 6.83. The minimum atomic E-state index is 0.192. The van der Waals surface area contributed by atoms with E-state index in [4.69, 9.17) is 0 Å². The van der Waals surface area contributed by atoms with Gasteiger partial charge in [-0.2, -0.15) is 0 Å². The maximum Gasteiger partial charge on any atom is 0.0599 e. The zero-order valence-corrected chi connectivity index (χ0v) is 11.4. The van der Waals surface area contributed by atoms with Crippen molar-refractivity contribution in [2.45, 2.75) is 70.0 Å². The monoisotopic (exact) mass is 240 g/mol. The van der Waals surface area contributed by atoms with Crippen LogP contribution in [0.5, 0.6) is 0 Å². The number of hydrogen-bond donors (Lipinski definition) is 2. The number of nitrogens with zero attached hydrogens (tertiary/aromatic N) is 1. The number of aliphatic hydroxyl groups excluding tert-OH is 1. The molecule has 1 aliphatic carbocycles. The largest absolute Gasteiger partial charge is 0.395 e. The number of aliphatic hydroxyl groups is 1. The van der Waals surface area contributed by atoms with Crippen molar-refractivity contribution >= 4 is 0 Å². The van der Waals surface area contributed by atoms with Crippen LogP contribution >= 0.6 is 0 Å². The molecule has 0 amide bonds. The Labute approximate surface area is 106 Å². The van der Waals surface area contributed by atoms with E-state index in [9.17, 15) is 5.11 Å². The minimum absolute atomic E-state index is 0.192. The van der Waals surface area contributed by atoms with Crippen molar-refractivity contribution in [3.05, 3.63) is 0 Å². The van der Waals surface area contributed by atoms with Crippen molar-refractivity contribution in [3.63, 3.8) is 0 Å². The quantitative estimate of drug-likeness (QED) is 0.722. The van der Waals surface area contributed by atoms with Gasteiger partial charge in [0.25, 0.3) is 0 Å². The zero-order valence-electron chi connectivity index (χ0n) is 11.4. The molecule has 0 bridgehead atoms. The number of piperazine rings is 1. The third-order valence-corrected chi connectivity index (χ3v) is 4.37. The summed E-state index contributed by atoms with van der Waals surface area (Å²) in [7, 11) is 0. The van der Waals surface area contributed by atoms with Crippen LogP contribution in [0.1, 0.15) is 52.4 Å². The maximum atomic E-state index is 9.55. The molecule has 0 aromatic carbocycles. The van der Waals surface area contributed by atoms with Crippen LogP contribution in [0, 0.1) is 0 Å². The predicted octanol–water partition coefficient (Wildman–Crippen LogP) is 1.75. The van der Waals surface area contributed by atoms with Gasteiger partial charge in [-0.1, -0.05) is 25.7 Å². The van der Waals surface area contributed by atoms with Gasteiger partial charge in [0.1, 0.15) is 0 Å². The van der Waals surface area contributed by atoms with Crippen molar-refractivity contribution in [2.75, 3.05) is 19.7 Å². The van der Waals surface area contributed by atoms with Crippen LogP contribution in [0.3, 0.4) is 0 Å². The fourth-order valence-corrected chi connectivity index (χ4v) is 3.34. The smallest absolute Gasteiger partial charge is 0.0599 e. The van der Waals surface area contributed by atoms with Gasteiger partial charge in [0.2, 0.25) is 0 Å². The van der Waals surface area contributed by atoms with Gasteiger partial charge in [0.15, 0.2) is 0 Å². The van der Waals surface area contributed by atoms with Gasteiger partial charge in [-0.15, -0.1) is 0 Å². The van der Waals surface area contributed by atoms with E-state index in [0.717, 1.165) is 13.1 Å². The zero-order chi connectivity index (χ0) is 12.3. The third kappa shape index (κ3) is 3.43. The lowest BCUT2D eigenvalue weighted by atomic mass is 9.94. The Hall–Kier alpha value is -0.120. The molecule has 3 heteroatoms. The average Bonchev–Trinajstić information content (AvgIpc) is 2.56. The topological polar surface area (TPSA) is 35.5 Å². The van der Waals surface area contributed by atoms with E-state index in [1.165, 1.54) is 38.5 Å². The highest BCUT2D eigenvalue weighted by molar-refractivity contribution is 4.95. The molecule has 2 fully saturated rings. The Bertz CT molecular complexity index is 234. The summed E-state index contributed by atoms with van der Waals surface area (Å²) in [6.07, 6.45) is 8.19. The lowest BCUT2D eigenvalue weighted by molar-refractivity contribution is 0.0190. The second kappa shape index (κ2) is 5.68. The van der Waals surface area contributed by atoms with E-state index in [0.29, 0.717) is 18.7 Å². The van der Waals surface area contributed by atoms with Crippen molar-refractivity contribution < 1.29 is 5.11 Å². The Morgan fingerprint density at radius 1 is 1.18 bits per heavy atom. The van der Waals surface area contributed by atoms with Gasteiger partial charge < -0.3 is 10.4 Å². The Morgan fingerprint density at radius 3 is 2.41 bits per heavy atom. The van der Waals surface area contributed by atoms with Gasteiger partial charge >= 0.3 is 0 Å². The lowest BCUT2D eigenvalue weighted by Gasteiger charge is -2.47. The van der Waals surface area contributed by atoms with Crippen LogP contribution in [-0.4, -0.2) is 47.3 Å². The normalized spacial score (nSPS) is 32.3. The Balaban J connectivity index is 2.02. The Kier molecular flexibility index (Phi) is 4.45. The van der Waals surface area contributed by atoms with E-state index in [1.807, 2.05) is 0 Å². The molecule has 3 nitrogen and oxygen atoms in total. The van der Waals surface area contributed by atoms with Gasteiger partial charge in [-0.25, -0.2) is 0 Å². The molecule has 1 saturated heterocycles. The molecule has 1 heterocycles. The molecule has 0 aromatic heterocycles. The van der Waals surface area contributed by atoms with E-state index < -0.39 is 0 Å². The predicted molar refractivity (Wildman–Crippen MR) is 71.2 cm³/mol. The van der Waals surface area contributed by atoms with Gasteiger partial charge in [-0.3, -0.25) is 4.90 Å². The highest BCUT2D eigenvalue weighted by Crippen LogP contribution is 2.26. The van der Waals surface area contributed by atoms with Crippen LogP contribution < -0.4 is 5.32 Å². The van der Waals surface area contributed by atoms with Crippen LogP contribution in [0.15, 0.2) is 0 Å². The van der Waals surface area contributed by atoms with E-state index in [-0.39, 0.29) is 5.54 Å². The number of nitrogens with one attached hydrogen (secondary N) is 1. The first kappa shape index (κ1) is 13.3. The van der Waals surface area contributed by atoms with Gasteiger partial charge in [0.05, 0.1) is 6.61 Å². The van der Waals surface area contributed by atoms with Crippen LogP contribution in [0.2, 0.25) is 0 Å². The van der Waals surface area contributed by atoms with E-state index in [1.54, 1.807) is 0 Å². The van der Waals surface area contributed by atoms with Crippen molar-refractivity contribution in [1.82, 2.24) is 10.2 Å². The van der Waals surface area contributed by atoms with Crippen molar-refractivity contribution in [2.24, 2.45) is 0 Å². The first-order valence-electron chi connectivity index (χ1n) is 7.24. The fraction of sp³-hybridized carbons (Fsp3) is 1.00. The van der Waals surface area contributed by atoms with Crippen molar-refractivity contribution in [3.8, 4) is 0 Å². The molecule has 1 atom stereocenters. The van der Waals surface area contributed by atoms with Crippen molar-refractivity contribution in [1.29, 1.82) is 0 Å². The van der Waals surface area contributed by atoms with E-state index in [2.05, 4.69) is 24.1 Å². The SMILES string of the molecule is CC1(C)CN(C2CCCCCC2)C(CO)CN1. The molecule has 100 valence electrons. The summed E-state index contributed by atoms with van der Waals surface area (Å²) >= 11 is 0. The van der Waals surface area contributed by atoms with Crippen LogP contribution in [0.25, 0.3) is 0 Å². The molecule has 2 rings (SSSR count). The van der Waals surface area contributed by atoms with Gasteiger partial charge in [0, 0.05) is 30.7 Å². The minimum Gasteiger partial charge on any atom is -0.395 e. The summed E-state index contributed by atoms with van der Waals surface area (Å²) in [5, 5.41) is 13.1. The van der Waals surface area contributed by atoms with Crippen LogP contribution in [-0.2, 0) is 0 Å². The molecule has 0 radical (unpaired) electrons. The molecule has 1 aliphatic heterocycles.